The lowest BCUT2D eigenvalue weighted by molar-refractivity contribution is 0.0843. The van der Waals surface area contributed by atoms with Crippen molar-refractivity contribution in [1.82, 2.24) is 21.0 Å². The first kappa shape index (κ1) is 13.6. The van der Waals surface area contributed by atoms with E-state index in [2.05, 4.69) is 21.0 Å². The number of benzene rings is 1. The van der Waals surface area contributed by atoms with Crippen LogP contribution in [0.25, 0.3) is 11.3 Å². The van der Waals surface area contributed by atoms with Crippen molar-refractivity contribution in [2.75, 3.05) is 0 Å². The van der Waals surface area contributed by atoms with Crippen LogP contribution in [0.5, 0.6) is 0 Å². The van der Waals surface area contributed by atoms with Crippen LogP contribution in [0.1, 0.15) is 20.8 Å². The number of aromatic nitrogens is 2. The third-order valence-electron chi connectivity index (χ3n) is 2.96. The van der Waals surface area contributed by atoms with E-state index in [1.165, 1.54) is 18.6 Å². The second kappa shape index (κ2) is 5.96. The second-order valence-corrected chi connectivity index (χ2v) is 4.45. The molecule has 3 aromatic rings. The highest BCUT2D eigenvalue weighted by molar-refractivity contribution is 5.98. The first-order chi connectivity index (χ1) is 10.7. The van der Waals surface area contributed by atoms with Gasteiger partial charge >= 0.3 is 0 Å². The molecule has 110 valence electrons. The first-order valence-corrected chi connectivity index (χ1v) is 6.48. The van der Waals surface area contributed by atoms with E-state index < -0.39 is 11.8 Å². The van der Waals surface area contributed by atoms with Crippen LogP contribution in [0.4, 0.5) is 0 Å². The van der Waals surface area contributed by atoms with Gasteiger partial charge in [-0.2, -0.15) is 5.10 Å². The van der Waals surface area contributed by atoms with Gasteiger partial charge in [-0.1, -0.05) is 30.3 Å². The van der Waals surface area contributed by atoms with E-state index in [0.717, 1.165) is 5.56 Å². The molecule has 0 aliphatic carbocycles. The summed E-state index contributed by atoms with van der Waals surface area (Å²) in [5.41, 5.74) is 6.68. The Kier molecular flexibility index (Phi) is 3.69. The average Bonchev–Trinajstić information content (AvgIpc) is 3.24. The Labute approximate surface area is 125 Å². The van der Waals surface area contributed by atoms with Crippen LogP contribution in [0, 0.1) is 0 Å². The second-order valence-electron chi connectivity index (χ2n) is 4.45. The average molecular weight is 296 g/mol. The lowest BCUT2D eigenvalue weighted by Crippen LogP contribution is -2.41. The van der Waals surface area contributed by atoms with Crippen LogP contribution < -0.4 is 10.9 Å². The molecule has 2 aromatic heterocycles. The lowest BCUT2D eigenvalue weighted by Gasteiger charge is -2.03. The number of nitrogens with one attached hydrogen (secondary N) is 3. The minimum atomic E-state index is -0.494. The summed E-state index contributed by atoms with van der Waals surface area (Å²) in [6.45, 7) is 0. The molecule has 2 heterocycles. The fraction of sp³-hybridized carbons (Fsp3) is 0. The number of carbonyl (C=O) groups is 2. The molecule has 2 amide bonds. The summed E-state index contributed by atoms with van der Waals surface area (Å²) < 4.78 is 4.79. The summed E-state index contributed by atoms with van der Waals surface area (Å²) in [5, 5.41) is 6.70. The zero-order valence-electron chi connectivity index (χ0n) is 11.4. The number of H-pyrrole nitrogens is 1. The number of furan rings is 1. The van der Waals surface area contributed by atoms with Crippen LogP contribution >= 0.6 is 0 Å². The van der Waals surface area contributed by atoms with Crippen LogP contribution in [-0.2, 0) is 0 Å². The number of hydrazine groups is 1. The molecule has 0 spiro atoms. The van der Waals surface area contributed by atoms with Crippen molar-refractivity contribution >= 4 is 11.8 Å². The number of rotatable bonds is 3. The van der Waals surface area contributed by atoms with Crippen molar-refractivity contribution in [1.29, 1.82) is 0 Å². The van der Waals surface area contributed by atoms with Crippen molar-refractivity contribution < 1.29 is 14.0 Å². The maximum atomic E-state index is 11.9. The van der Waals surface area contributed by atoms with Crippen LogP contribution in [0.15, 0.2) is 59.4 Å². The molecule has 0 aliphatic heterocycles. The van der Waals surface area contributed by atoms with Gasteiger partial charge in [0, 0.05) is 5.56 Å². The summed E-state index contributed by atoms with van der Waals surface area (Å²) >= 11 is 0. The molecule has 7 nitrogen and oxygen atoms in total. The number of hydrogen-bond donors (Lipinski definition) is 3. The van der Waals surface area contributed by atoms with Gasteiger partial charge in [-0.25, -0.2) is 0 Å². The van der Waals surface area contributed by atoms with Gasteiger partial charge in [0.2, 0.25) is 0 Å². The Morgan fingerprint density at radius 1 is 1.05 bits per heavy atom. The fourth-order valence-electron chi connectivity index (χ4n) is 1.84. The third-order valence-corrected chi connectivity index (χ3v) is 2.96. The SMILES string of the molecule is O=C(NNC(=O)c1cc(-c2ccccc2)n[nH]1)c1ccoc1. The van der Waals surface area contributed by atoms with Gasteiger partial charge in [0.1, 0.15) is 12.0 Å². The van der Waals surface area contributed by atoms with E-state index >= 15 is 0 Å². The molecule has 0 saturated carbocycles. The minimum Gasteiger partial charge on any atom is -0.472 e. The van der Waals surface area contributed by atoms with E-state index in [9.17, 15) is 9.59 Å². The van der Waals surface area contributed by atoms with Crippen molar-refractivity contribution in [2.45, 2.75) is 0 Å². The van der Waals surface area contributed by atoms with Gasteiger partial charge in [0.15, 0.2) is 0 Å². The molecule has 0 unspecified atom stereocenters. The van der Waals surface area contributed by atoms with Crippen molar-refractivity contribution in [3.8, 4) is 11.3 Å². The van der Waals surface area contributed by atoms with Crippen molar-refractivity contribution in [3.63, 3.8) is 0 Å². The van der Waals surface area contributed by atoms with Gasteiger partial charge in [0.05, 0.1) is 17.5 Å². The molecule has 3 rings (SSSR count). The summed E-state index contributed by atoms with van der Waals surface area (Å²) in [6.07, 6.45) is 2.66. The van der Waals surface area contributed by atoms with Gasteiger partial charge in [-0.05, 0) is 12.1 Å². The molecule has 22 heavy (non-hydrogen) atoms. The largest absolute Gasteiger partial charge is 0.472 e. The standard InChI is InChI=1S/C15H12N4O3/c20-14(11-6-7-22-9-11)18-19-15(21)13-8-12(16-17-13)10-4-2-1-3-5-10/h1-9H,(H,16,17)(H,18,20)(H,19,21). The van der Waals surface area contributed by atoms with Crippen LogP contribution in [0.2, 0.25) is 0 Å². The monoisotopic (exact) mass is 296 g/mol. The maximum absolute atomic E-state index is 11.9. The first-order valence-electron chi connectivity index (χ1n) is 6.48. The van der Waals surface area contributed by atoms with Crippen molar-refractivity contribution in [3.05, 3.63) is 66.2 Å². The lowest BCUT2D eigenvalue weighted by atomic mass is 10.1. The normalized spacial score (nSPS) is 10.2. The smallest absolute Gasteiger partial charge is 0.287 e. The molecule has 1 aromatic carbocycles. The van der Waals surface area contributed by atoms with Gasteiger partial charge in [0.25, 0.3) is 11.8 Å². The topological polar surface area (TPSA) is 100 Å². The predicted molar refractivity (Wildman–Crippen MR) is 77.7 cm³/mol. The Morgan fingerprint density at radius 3 is 2.55 bits per heavy atom. The van der Waals surface area contributed by atoms with E-state index in [1.54, 1.807) is 6.07 Å². The Hall–Kier alpha value is -3.35. The Bertz CT molecular complexity index is 778. The van der Waals surface area contributed by atoms with Crippen LogP contribution in [-0.4, -0.2) is 22.0 Å². The Balaban J connectivity index is 1.64. The number of nitrogens with zero attached hydrogens (tertiary/aromatic N) is 1. The summed E-state index contributed by atoms with van der Waals surface area (Å²) in [5.74, 6) is -0.962. The number of aromatic amines is 1. The number of amides is 2. The highest BCUT2D eigenvalue weighted by Gasteiger charge is 2.13. The maximum Gasteiger partial charge on any atom is 0.287 e. The highest BCUT2D eigenvalue weighted by atomic mass is 16.3. The summed E-state index contributed by atoms with van der Waals surface area (Å²) in [4.78, 5) is 23.6. The number of carbonyl (C=O) groups excluding carboxylic acids is 2. The van der Waals surface area contributed by atoms with Crippen LogP contribution in [0.3, 0.4) is 0 Å². The van der Waals surface area contributed by atoms with E-state index in [0.29, 0.717) is 11.3 Å². The number of hydrogen-bond acceptors (Lipinski definition) is 4. The molecule has 7 heteroatoms. The minimum absolute atomic E-state index is 0.242. The van der Waals surface area contributed by atoms with E-state index in [1.807, 2.05) is 30.3 Å². The predicted octanol–water partition coefficient (Wildman–Crippen LogP) is 1.74. The molecule has 0 bridgehead atoms. The fourth-order valence-corrected chi connectivity index (χ4v) is 1.84. The quantitative estimate of drug-likeness (QED) is 0.641. The van der Waals surface area contributed by atoms with Crippen molar-refractivity contribution in [2.24, 2.45) is 0 Å². The summed E-state index contributed by atoms with van der Waals surface area (Å²) in [6, 6.07) is 12.5. The molecule has 0 atom stereocenters. The molecular weight excluding hydrogens is 284 g/mol. The van der Waals surface area contributed by atoms with Gasteiger partial charge in [-0.3, -0.25) is 25.5 Å². The molecule has 3 N–H and O–H groups in total. The Morgan fingerprint density at radius 2 is 1.82 bits per heavy atom. The van der Waals surface area contributed by atoms with Gasteiger partial charge in [-0.15, -0.1) is 0 Å². The van der Waals surface area contributed by atoms with Gasteiger partial charge < -0.3 is 4.42 Å². The van der Waals surface area contributed by atoms with E-state index in [4.69, 9.17) is 4.42 Å². The molecule has 0 aliphatic rings. The molecule has 0 radical (unpaired) electrons. The molecule has 0 fully saturated rings. The third kappa shape index (κ3) is 2.88. The summed E-state index contributed by atoms with van der Waals surface area (Å²) in [7, 11) is 0. The molecular formula is C15H12N4O3. The zero-order valence-corrected chi connectivity index (χ0v) is 11.4. The van der Waals surface area contributed by atoms with E-state index in [-0.39, 0.29) is 5.69 Å². The molecule has 0 saturated heterocycles. The highest BCUT2D eigenvalue weighted by Crippen LogP contribution is 2.16. The zero-order chi connectivity index (χ0) is 15.4.